The van der Waals surface area contributed by atoms with Crippen molar-refractivity contribution >= 4 is 34.9 Å². The number of alkyl halides is 2. The summed E-state index contributed by atoms with van der Waals surface area (Å²) in [6.07, 6.45) is 0.0830. The molecular weight excluding hydrogens is 284 g/mol. The molecule has 0 saturated carbocycles. The molecule has 1 N–H and O–H groups in total. The van der Waals surface area contributed by atoms with E-state index >= 15 is 0 Å². The number of nitrogens with zero attached hydrogens (tertiary/aromatic N) is 1. The average Bonchev–Trinajstić information content (AvgIpc) is 2.71. The molecule has 3 nitrogen and oxygen atoms in total. The van der Waals surface area contributed by atoms with Crippen LogP contribution in [0.5, 0.6) is 0 Å². The van der Waals surface area contributed by atoms with Crippen LogP contribution in [0.3, 0.4) is 0 Å². The van der Waals surface area contributed by atoms with Crippen LogP contribution in [0.4, 0.5) is 8.78 Å². The molecule has 0 unspecified atom stereocenters. The number of carbonyl (C=O) groups excluding carboxylic acids is 1. The quantitative estimate of drug-likeness (QED) is 0.819. The van der Waals surface area contributed by atoms with Crippen LogP contribution in [0.25, 0.3) is 6.08 Å². The van der Waals surface area contributed by atoms with Gasteiger partial charge in [0, 0.05) is 17.5 Å². The fraction of sp³-hybridized carbons (Fsp3) is 0.364. The van der Waals surface area contributed by atoms with Crippen LogP contribution in [0.1, 0.15) is 4.88 Å². The predicted molar refractivity (Wildman–Crippen MR) is 68.0 cm³/mol. The molecule has 1 heterocycles. The zero-order valence-electron chi connectivity index (χ0n) is 9.35. The highest BCUT2D eigenvalue weighted by Gasteiger charge is 2.15. The summed E-state index contributed by atoms with van der Waals surface area (Å²) in [5.74, 6) is -0.561. The number of aliphatic hydroxyl groups is 1. The van der Waals surface area contributed by atoms with Crippen LogP contribution in [0.2, 0.25) is 4.34 Å². The van der Waals surface area contributed by atoms with E-state index in [1.807, 2.05) is 0 Å². The molecule has 1 aromatic rings. The third-order valence-electron chi connectivity index (χ3n) is 2.02. The summed E-state index contributed by atoms with van der Waals surface area (Å²) >= 11 is 6.99. The Hall–Kier alpha value is -0.980. The molecule has 1 aromatic heterocycles. The van der Waals surface area contributed by atoms with Crippen LogP contribution < -0.4 is 0 Å². The molecule has 1 amide bonds. The monoisotopic (exact) mass is 295 g/mol. The van der Waals surface area contributed by atoms with Gasteiger partial charge in [-0.25, -0.2) is 8.78 Å². The maximum Gasteiger partial charge on any atom is 0.255 e. The van der Waals surface area contributed by atoms with E-state index in [-0.39, 0.29) is 13.2 Å². The van der Waals surface area contributed by atoms with E-state index in [2.05, 4.69) is 0 Å². The van der Waals surface area contributed by atoms with Gasteiger partial charge in [0.2, 0.25) is 5.91 Å². The van der Waals surface area contributed by atoms with E-state index in [4.69, 9.17) is 16.7 Å². The molecule has 0 fully saturated rings. The van der Waals surface area contributed by atoms with E-state index in [9.17, 15) is 13.6 Å². The van der Waals surface area contributed by atoms with Gasteiger partial charge in [0.15, 0.2) is 0 Å². The standard InChI is InChI=1S/C11H12ClF2NO2S/c12-9-3-1-8(18-9)2-4-11(17)15(5-6-16)7-10(13)14/h1-4,10,16H,5-7H2/b4-2+. The number of aliphatic hydroxyl groups excluding tert-OH is 1. The molecule has 7 heteroatoms. The Morgan fingerprint density at radius 1 is 1.56 bits per heavy atom. The Kier molecular flexibility index (Phi) is 6.24. The second-order valence-corrected chi connectivity index (χ2v) is 5.12. The van der Waals surface area contributed by atoms with Crippen molar-refractivity contribution in [3.63, 3.8) is 0 Å². The third-order valence-corrected chi connectivity index (χ3v) is 3.22. The van der Waals surface area contributed by atoms with Gasteiger partial charge < -0.3 is 10.0 Å². The van der Waals surface area contributed by atoms with Gasteiger partial charge in [0.25, 0.3) is 6.43 Å². The lowest BCUT2D eigenvalue weighted by molar-refractivity contribution is -0.128. The summed E-state index contributed by atoms with van der Waals surface area (Å²) in [6.45, 7) is -1.15. The minimum Gasteiger partial charge on any atom is -0.395 e. The molecule has 100 valence electrons. The van der Waals surface area contributed by atoms with Gasteiger partial charge in [-0.3, -0.25) is 4.79 Å². The van der Waals surface area contributed by atoms with Gasteiger partial charge in [0.05, 0.1) is 17.5 Å². The fourth-order valence-electron chi connectivity index (χ4n) is 1.26. The first kappa shape index (κ1) is 15.1. The molecular formula is C11H12ClF2NO2S. The molecule has 1 rings (SSSR count). The van der Waals surface area contributed by atoms with Crippen molar-refractivity contribution in [3.8, 4) is 0 Å². The topological polar surface area (TPSA) is 40.5 Å². The molecule has 18 heavy (non-hydrogen) atoms. The zero-order chi connectivity index (χ0) is 13.5. The molecule has 0 aliphatic carbocycles. The molecule has 0 bridgehead atoms. The minimum absolute atomic E-state index is 0.112. The Labute approximate surface area is 112 Å². The lowest BCUT2D eigenvalue weighted by atomic mass is 10.3. The number of hydrogen-bond acceptors (Lipinski definition) is 3. The molecule has 0 spiro atoms. The maximum absolute atomic E-state index is 12.2. The van der Waals surface area contributed by atoms with E-state index in [1.165, 1.54) is 23.5 Å². The Morgan fingerprint density at radius 2 is 2.28 bits per heavy atom. The number of halogens is 3. The SMILES string of the molecule is O=C(/C=C/c1ccc(Cl)s1)N(CCO)CC(F)F. The largest absolute Gasteiger partial charge is 0.395 e. The van der Waals surface area contributed by atoms with Crippen LogP contribution in [0.15, 0.2) is 18.2 Å². The number of amides is 1. The first-order valence-corrected chi connectivity index (χ1v) is 6.33. The summed E-state index contributed by atoms with van der Waals surface area (Å²) in [5, 5.41) is 8.71. The fourth-order valence-corrected chi connectivity index (χ4v) is 2.22. The normalized spacial score (nSPS) is 11.4. The molecule has 0 aromatic carbocycles. The first-order chi connectivity index (χ1) is 8.52. The molecule has 0 atom stereocenters. The van der Waals surface area contributed by atoms with Crippen LogP contribution in [-0.2, 0) is 4.79 Å². The summed E-state index contributed by atoms with van der Waals surface area (Å²) in [4.78, 5) is 13.3. The van der Waals surface area contributed by atoms with E-state index in [0.29, 0.717) is 4.34 Å². The molecule has 0 aliphatic rings. The predicted octanol–water partition coefficient (Wildman–Crippen LogP) is 2.50. The van der Waals surface area contributed by atoms with E-state index in [1.54, 1.807) is 12.1 Å². The number of carbonyl (C=O) groups is 1. The first-order valence-electron chi connectivity index (χ1n) is 5.14. The van der Waals surface area contributed by atoms with Gasteiger partial charge in [-0.15, -0.1) is 11.3 Å². The van der Waals surface area contributed by atoms with Crippen molar-refractivity contribution in [3.05, 3.63) is 27.4 Å². The lowest BCUT2D eigenvalue weighted by Crippen LogP contribution is -2.36. The Balaban J connectivity index is 2.63. The van der Waals surface area contributed by atoms with Gasteiger partial charge in [-0.2, -0.15) is 0 Å². The van der Waals surface area contributed by atoms with Crippen molar-refractivity contribution in [2.45, 2.75) is 6.43 Å². The summed E-state index contributed by atoms with van der Waals surface area (Å²) in [7, 11) is 0. The summed E-state index contributed by atoms with van der Waals surface area (Å²) in [5.41, 5.74) is 0. The second-order valence-electron chi connectivity index (χ2n) is 3.37. The number of hydrogen-bond donors (Lipinski definition) is 1. The average molecular weight is 296 g/mol. The minimum atomic E-state index is -2.62. The van der Waals surface area contributed by atoms with Crippen LogP contribution in [-0.4, -0.2) is 42.0 Å². The van der Waals surface area contributed by atoms with Gasteiger partial charge in [-0.05, 0) is 18.2 Å². The second kappa shape index (κ2) is 7.45. The molecule has 0 saturated heterocycles. The maximum atomic E-state index is 12.2. The highest BCUT2D eigenvalue weighted by Crippen LogP contribution is 2.22. The smallest absolute Gasteiger partial charge is 0.255 e. The van der Waals surface area contributed by atoms with Crippen molar-refractivity contribution in [1.29, 1.82) is 0 Å². The van der Waals surface area contributed by atoms with Crippen LogP contribution >= 0.6 is 22.9 Å². The van der Waals surface area contributed by atoms with Crippen molar-refractivity contribution < 1.29 is 18.7 Å². The zero-order valence-corrected chi connectivity index (χ0v) is 10.9. The Bertz CT molecular complexity index is 423. The Morgan fingerprint density at radius 3 is 2.78 bits per heavy atom. The molecule has 0 aliphatic heterocycles. The van der Waals surface area contributed by atoms with Crippen molar-refractivity contribution in [2.24, 2.45) is 0 Å². The summed E-state index contributed by atoms with van der Waals surface area (Å²) in [6, 6.07) is 3.40. The molecule has 0 radical (unpaired) electrons. The highest BCUT2D eigenvalue weighted by atomic mass is 35.5. The highest BCUT2D eigenvalue weighted by molar-refractivity contribution is 7.17. The van der Waals surface area contributed by atoms with Gasteiger partial charge >= 0.3 is 0 Å². The number of rotatable bonds is 6. The van der Waals surface area contributed by atoms with Gasteiger partial charge in [0.1, 0.15) is 0 Å². The lowest BCUT2D eigenvalue weighted by Gasteiger charge is -2.19. The number of thiophene rings is 1. The van der Waals surface area contributed by atoms with E-state index < -0.39 is 18.9 Å². The van der Waals surface area contributed by atoms with Crippen molar-refractivity contribution in [2.75, 3.05) is 19.7 Å². The van der Waals surface area contributed by atoms with Gasteiger partial charge in [-0.1, -0.05) is 11.6 Å². The van der Waals surface area contributed by atoms with Crippen molar-refractivity contribution in [1.82, 2.24) is 4.90 Å². The third kappa shape index (κ3) is 5.12. The van der Waals surface area contributed by atoms with Crippen LogP contribution in [0, 0.1) is 0 Å². The summed E-state index contributed by atoms with van der Waals surface area (Å²) < 4.78 is 25.0. The van der Waals surface area contributed by atoms with E-state index in [0.717, 1.165) is 9.78 Å².